The van der Waals surface area contributed by atoms with E-state index in [1.165, 1.54) is 0 Å². The fourth-order valence-corrected chi connectivity index (χ4v) is 1.47. The van der Waals surface area contributed by atoms with Gasteiger partial charge in [-0.25, -0.2) is 4.79 Å². The fraction of sp³-hybridized carbons (Fsp3) is 0.545. The van der Waals surface area contributed by atoms with E-state index in [1.54, 1.807) is 11.0 Å². The van der Waals surface area contributed by atoms with Crippen molar-refractivity contribution in [3.05, 3.63) is 24.8 Å². The van der Waals surface area contributed by atoms with Gasteiger partial charge in [0.05, 0.1) is 6.04 Å². The number of hydrogen-bond donors (Lipinski definition) is 0. The van der Waals surface area contributed by atoms with Crippen LogP contribution in [0.3, 0.4) is 0 Å². The van der Waals surface area contributed by atoms with Gasteiger partial charge in [-0.3, -0.25) is 4.90 Å². The Labute approximate surface area is 85.0 Å². The molecule has 0 aromatic heterocycles. The SMILES string of the molecule is C=C[C@H]1COC(=O)N1CCCC(=C)C. The zero-order chi connectivity index (χ0) is 10.6. The average molecular weight is 195 g/mol. The molecule has 1 heterocycles. The smallest absolute Gasteiger partial charge is 0.410 e. The third kappa shape index (κ3) is 2.62. The lowest BCUT2D eigenvalue weighted by atomic mass is 10.2. The van der Waals surface area contributed by atoms with Gasteiger partial charge >= 0.3 is 6.09 Å². The molecule has 3 heteroatoms. The van der Waals surface area contributed by atoms with E-state index < -0.39 is 0 Å². The summed E-state index contributed by atoms with van der Waals surface area (Å²) in [6.45, 7) is 10.7. The van der Waals surface area contributed by atoms with Gasteiger partial charge in [-0.1, -0.05) is 11.6 Å². The Morgan fingerprint density at radius 2 is 2.50 bits per heavy atom. The molecule has 0 unspecified atom stereocenters. The minimum absolute atomic E-state index is 0.0487. The first-order valence-corrected chi connectivity index (χ1v) is 4.85. The van der Waals surface area contributed by atoms with Gasteiger partial charge in [-0.05, 0) is 19.8 Å². The van der Waals surface area contributed by atoms with E-state index in [4.69, 9.17) is 4.74 Å². The van der Waals surface area contributed by atoms with Gasteiger partial charge in [-0.15, -0.1) is 13.2 Å². The lowest BCUT2D eigenvalue weighted by molar-refractivity contribution is 0.158. The lowest BCUT2D eigenvalue weighted by Crippen LogP contribution is -2.32. The van der Waals surface area contributed by atoms with Crippen LogP contribution in [0.4, 0.5) is 4.79 Å². The highest BCUT2D eigenvalue weighted by Gasteiger charge is 2.29. The lowest BCUT2D eigenvalue weighted by Gasteiger charge is -2.18. The normalized spacial score (nSPS) is 20.8. The second kappa shape index (κ2) is 4.84. The summed E-state index contributed by atoms with van der Waals surface area (Å²) in [6.07, 6.45) is 3.42. The van der Waals surface area contributed by atoms with Crippen molar-refractivity contribution in [1.82, 2.24) is 4.90 Å². The Morgan fingerprint density at radius 3 is 3.07 bits per heavy atom. The summed E-state index contributed by atoms with van der Waals surface area (Å²) in [5.41, 5.74) is 1.15. The van der Waals surface area contributed by atoms with Gasteiger partial charge in [0.1, 0.15) is 6.61 Å². The summed E-state index contributed by atoms with van der Waals surface area (Å²) in [5.74, 6) is 0. The maximum Gasteiger partial charge on any atom is 0.410 e. The Morgan fingerprint density at radius 1 is 1.79 bits per heavy atom. The minimum atomic E-state index is -0.225. The van der Waals surface area contributed by atoms with Crippen LogP contribution in [0, 0.1) is 0 Å². The zero-order valence-electron chi connectivity index (χ0n) is 8.66. The highest BCUT2D eigenvalue weighted by atomic mass is 16.6. The van der Waals surface area contributed by atoms with Crippen molar-refractivity contribution in [3.63, 3.8) is 0 Å². The van der Waals surface area contributed by atoms with Crippen LogP contribution in [0.25, 0.3) is 0 Å². The molecule has 1 amide bonds. The van der Waals surface area contributed by atoms with Crippen LogP contribution < -0.4 is 0 Å². The van der Waals surface area contributed by atoms with Gasteiger partial charge in [0.2, 0.25) is 0 Å². The first-order chi connectivity index (χ1) is 6.65. The summed E-state index contributed by atoms with van der Waals surface area (Å²) >= 11 is 0. The molecular formula is C11H17NO2. The summed E-state index contributed by atoms with van der Waals surface area (Å²) in [7, 11) is 0. The second-order valence-corrected chi connectivity index (χ2v) is 3.63. The van der Waals surface area contributed by atoms with Crippen LogP contribution >= 0.6 is 0 Å². The number of carbonyl (C=O) groups excluding carboxylic acids is 1. The van der Waals surface area contributed by atoms with Crippen molar-refractivity contribution in [2.45, 2.75) is 25.8 Å². The summed E-state index contributed by atoms with van der Waals surface area (Å²) < 4.78 is 4.92. The molecule has 14 heavy (non-hydrogen) atoms. The highest BCUT2D eigenvalue weighted by molar-refractivity contribution is 5.70. The molecule has 1 atom stereocenters. The number of nitrogens with zero attached hydrogens (tertiary/aromatic N) is 1. The number of ether oxygens (including phenoxy) is 1. The molecule has 1 fully saturated rings. The largest absolute Gasteiger partial charge is 0.447 e. The summed E-state index contributed by atoms with van der Waals surface area (Å²) in [4.78, 5) is 13.0. The predicted octanol–water partition coefficient (Wildman–Crippen LogP) is 2.35. The van der Waals surface area contributed by atoms with E-state index in [0.29, 0.717) is 6.61 Å². The molecule has 0 N–H and O–H groups in total. The molecule has 1 saturated heterocycles. The molecule has 0 radical (unpaired) electrons. The van der Waals surface area contributed by atoms with Crippen molar-refractivity contribution in [1.29, 1.82) is 0 Å². The maximum atomic E-state index is 11.3. The quantitative estimate of drug-likeness (QED) is 0.630. The van der Waals surface area contributed by atoms with Crippen molar-refractivity contribution in [2.24, 2.45) is 0 Å². The molecule has 78 valence electrons. The van der Waals surface area contributed by atoms with Crippen LogP contribution in [-0.2, 0) is 4.74 Å². The van der Waals surface area contributed by atoms with Crippen LogP contribution in [0.1, 0.15) is 19.8 Å². The van der Waals surface area contributed by atoms with E-state index in [-0.39, 0.29) is 12.1 Å². The Hall–Kier alpha value is -1.25. The number of amides is 1. The molecule has 0 aromatic rings. The van der Waals surface area contributed by atoms with Gasteiger partial charge in [0.15, 0.2) is 0 Å². The number of allylic oxidation sites excluding steroid dienone is 1. The molecule has 0 aromatic carbocycles. The van der Waals surface area contributed by atoms with E-state index >= 15 is 0 Å². The first-order valence-electron chi connectivity index (χ1n) is 4.85. The van der Waals surface area contributed by atoms with Gasteiger partial charge in [0, 0.05) is 6.54 Å². The molecule has 0 bridgehead atoms. The van der Waals surface area contributed by atoms with Crippen LogP contribution in [0.5, 0.6) is 0 Å². The molecule has 0 aliphatic carbocycles. The maximum absolute atomic E-state index is 11.3. The number of rotatable bonds is 5. The Bertz CT molecular complexity index is 248. The van der Waals surface area contributed by atoms with Crippen molar-refractivity contribution in [3.8, 4) is 0 Å². The Kier molecular flexibility index (Phi) is 3.74. The minimum Gasteiger partial charge on any atom is -0.447 e. The van der Waals surface area contributed by atoms with Crippen molar-refractivity contribution < 1.29 is 9.53 Å². The van der Waals surface area contributed by atoms with Gasteiger partial charge in [0.25, 0.3) is 0 Å². The molecule has 1 aliphatic heterocycles. The van der Waals surface area contributed by atoms with Crippen molar-refractivity contribution >= 4 is 6.09 Å². The number of carbonyl (C=O) groups is 1. The summed E-state index contributed by atoms with van der Waals surface area (Å²) in [6, 6.07) is 0.0487. The fourth-order valence-electron chi connectivity index (χ4n) is 1.47. The molecular weight excluding hydrogens is 178 g/mol. The molecule has 1 rings (SSSR count). The second-order valence-electron chi connectivity index (χ2n) is 3.63. The number of cyclic esters (lactones) is 1. The average Bonchev–Trinajstić information content (AvgIpc) is 2.47. The predicted molar refractivity (Wildman–Crippen MR) is 56.1 cm³/mol. The first kappa shape index (κ1) is 10.8. The van der Waals surface area contributed by atoms with E-state index in [0.717, 1.165) is 25.0 Å². The molecule has 0 saturated carbocycles. The standard InChI is InChI=1S/C11H17NO2/c1-4-10-8-14-11(13)12(10)7-5-6-9(2)3/h4,10H,1-2,5-8H2,3H3/t10-/m0/s1. The van der Waals surface area contributed by atoms with Crippen LogP contribution in [0.15, 0.2) is 24.8 Å². The molecule has 0 spiro atoms. The van der Waals surface area contributed by atoms with Crippen LogP contribution in [-0.4, -0.2) is 30.2 Å². The van der Waals surface area contributed by atoms with E-state index in [2.05, 4.69) is 13.2 Å². The highest BCUT2D eigenvalue weighted by Crippen LogP contribution is 2.14. The zero-order valence-corrected chi connectivity index (χ0v) is 8.66. The third-order valence-electron chi connectivity index (χ3n) is 2.29. The van der Waals surface area contributed by atoms with E-state index in [1.807, 2.05) is 6.92 Å². The van der Waals surface area contributed by atoms with Gasteiger partial charge < -0.3 is 4.74 Å². The topological polar surface area (TPSA) is 29.5 Å². The summed E-state index contributed by atoms with van der Waals surface area (Å²) in [5, 5.41) is 0. The van der Waals surface area contributed by atoms with Crippen LogP contribution in [0.2, 0.25) is 0 Å². The van der Waals surface area contributed by atoms with E-state index in [9.17, 15) is 4.79 Å². The third-order valence-corrected chi connectivity index (χ3v) is 2.29. The van der Waals surface area contributed by atoms with Gasteiger partial charge in [-0.2, -0.15) is 0 Å². The molecule has 1 aliphatic rings. The molecule has 3 nitrogen and oxygen atoms in total. The van der Waals surface area contributed by atoms with Crippen molar-refractivity contribution in [2.75, 3.05) is 13.2 Å². The Balaban J connectivity index is 2.37. The monoisotopic (exact) mass is 195 g/mol. The number of hydrogen-bond acceptors (Lipinski definition) is 2.